The number of hydrogen-bond acceptors (Lipinski definition) is 3. The van der Waals surface area contributed by atoms with E-state index in [0.717, 1.165) is 30.9 Å². The number of benzene rings is 1. The van der Waals surface area contributed by atoms with Gasteiger partial charge in [0.1, 0.15) is 5.69 Å². The summed E-state index contributed by atoms with van der Waals surface area (Å²) in [6.07, 6.45) is 7.57. The number of nitrogens with one attached hydrogen (secondary N) is 2. The third-order valence-corrected chi connectivity index (χ3v) is 4.03. The Balaban J connectivity index is 1.76. The van der Waals surface area contributed by atoms with E-state index in [1.54, 1.807) is 0 Å². The first-order chi connectivity index (χ1) is 10.8. The second-order valence-corrected chi connectivity index (χ2v) is 5.87. The number of aromatic nitrogens is 3. The van der Waals surface area contributed by atoms with E-state index in [2.05, 4.69) is 58.8 Å². The molecule has 2 aromatic rings. The van der Waals surface area contributed by atoms with Crippen LogP contribution in [0.5, 0.6) is 0 Å². The fourth-order valence-corrected chi connectivity index (χ4v) is 2.67. The Hall–Kier alpha value is -1.68. The van der Waals surface area contributed by atoms with E-state index in [1.807, 2.05) is 0 Å². The SMILES string of the molecule is CCCCCCCNCCc1[nH]nnc1-c1ccccc1C. The summed E-state index contributed by atoms with van der Waals surface area (Å²) >= 11 is 0. The standard InChI is InChI=1S/C18H28N4/c1-3-4-5-6-9-13-19-14-12-17-18(21-22-20-17)16-11-8-7-10-15(16)2/h7-8,10-11,19H,3-6,9,12-14H2,1-2H3,(H,20,21,22). The second-order valence-electron chi connectivity index (χ2n) is 5.87. The largest absolute Gasteiger partial charge is 0.316 e. The van der Waals surface area contributed by atoms with Gasteiger partial charge in [0, 0.05) is 18.5 Å². The van der Waals surface area contributed by atoms with Crippen LogP contribution in [0.15, 0.2) is 24.3 Å². The third kappa shape index (κ3) is 4.95. The topological polar surface area (TPSA) is 53.6 Å². The zero-order valence-electron chi connectivity index (χ0n) is 13.9. The zero-order chi connectivity index (χ0) is 15.6. The first kappa shape index (κ1) is 16.7. The van der Waals surface area contributed by atoms with Crippen molar-refractivity contribution in [2.75, 3.05) is 13.1 Å². The van der Waals surface area contributed by atoms with E-state index in [4.69, 9.17) is 0 Å². The molecule has 0 aliphatic rings. The molecular formula is C18H28N4. The van der Waals surface area contributed by atoms with Crippen LogP contribution in [0.4, 0.5) is 0 Å². The quantitative estimate of drug-likeness (QED) is 0.655. The molecule has 0 aliphatic carbocycles. The lowest BCUT2D eigenvalue weighted by atomic mass is 10.0. The van der Waals surface area contributed by atoms with Gasteiger partial charge >= 0.3 is 0 Å². The van der Waals surface area contributed by atoms with E-state index in [1.165, 1.54) is 43.2 Å². The number of aromatic amines is 1. The summed E-state index contributed by atoms with van der Waals surface area (Å²) in [6.45, 7) is 6.44. The lowest BCUT2D eigenvalue weighted by Crippen LogP contribution is -2.18. The molecule has 0 spiro atoms. The molecule has 2 rings (SSSR count). The molecule has 0 amide bonds. The molecule has 4 heteroatoms. The van der Waals surface area contributed by atoms with Crippen molar-refractivity contribution in [3.8, 4) is 11.3 Å². The normalized spacial score (nSPS) is 11.0. The van der Waals surface area contributed by atoms with E-state index in [-0.39, 0.29) is 0 Å². The van der Waals surface area contributed by atoms with Crippen molar-refractivity contribution in [2.24, 2.45) is 0 Å². The summed E-state index contributed by atoms with van der Waals surface area (Å²) in [6, 6.07) is 8.33. The van der Waals surface area contributed by atoms with Gasteiger partial charge in [-0.3, -0.25) is 5.10 Å². The molecule has 0 atom stereocenters. The summed E-state index contributed by atoms with van der Waals surface area (Å²) in [5, 5.41) is 14.8. The molecular weight excluding hydrogens is 272 g/mol. The molecule has 2 N–H and O–H groups in total. The maximum Gasteiger partial charge on any atom is 0.116 e. The van der Waals surface area contributed by atoms with Gasteiger partial charge in [-0.05, 0) is 25.5 Å². The Morgan fingerprint density at radius 1 is 1.05 bits per heavy atom. The van der Waals surface area contributed by atoms with Crippen LogP contribution in [0.2, 0.25) is 0 Å². The Morgan fingerprint density at radius 3 is 2.68 bits per heavy atom. The number of nitrogens with zero attached hydrogens (tertiary/aromatic N) is 2. The number of H-pyrrole nitrogens is 1. The first-order valence-electron chi connectivity index (χ1n) is 8.49. The summed E-state index contributed by atoms with van der Waals surface area (Å²) in [7, 11) is 0. The summed E-state index contributed by atoms with van der Waals surface area (Å²) in [4.78, 5) is 0. The molecule has 0 saturated carbocycles. The van der Waals surface area contributed by atoms with Crippen LogP contribution in [0.25, 0.3) is 11.3 Å². The van der Waals surface area contributed by atoms with Gasteiger partial charge in [0.15, 0.2) is 0 Å². The number of hydrogen-bond donors (Lipinski definition) is 2. The molecule has 1 heterocycles. The van der Waals surface area contributed by atoms with Gasteiger partial charge in [0.05, 0.1) is 5.69 Å². The Kier molecular flexibility index (Phi) is 7.10. The van der Waals surface area contributed by atoms with Crippen molar-refractivity contribution in [2.45, 2.75) is 52.4 Å². The molecule has 1 aromatic heterocycles. The van der Waals surface area contributed by atoms with E-state index >= 15 is 0 Å². The molecule has 4 nitrogen and oxygen atoms in total. The smallest absolute Gasteiger partial charge is 0.116 e. The number of unbranched alkanes of at least 4 members (excludes halogenated alkanes) is 4. The minimum absolute atomic E-state index is 0.936. The lowest BCUT2D eigenvalue weighted by Gasteiger charge is -2.06. The fourth-order valence-electron chi connectivity index (χ4n) is 2.67. The monoisotopic (exact) mass is 300 g/mol. The molecule has 120 valence electrons. The molecule has 1 aromatic carbocycles. The van der Waals surface area contributed by atoms with Crippen molar-refractivity contribution in [3.63, 3.8) is 0 Å². The maximum atomic E-state index is 4.26. The average molecular weight is 300 g/mol. The lowest BCUT2D eigenvalue weighted by molar-refractivity contribution is 0.583. The molecule has 22 heavy (non-hydrogen) atoms. The van der Waals surface area contributed by atoms with Crippen molar-refractivity contribution >= 4 is 0 Å². The van der Waals surface area contributed by atoms with Gasteiger partial charge < -0.3 is 5.32 Å². The highest BCUT2D eigenvalue weighted by Gasteiger charge is 2.10. The predicted octanol–water partition coefficient (Wildman–Crippen LogP) is 3.88. The van der Waals surface area contributed by atoms with Gasteiger partial charge in [-0.15, -0.1) is 5.10 Å². The van der Waals surface area contributed by atoms with E-state index in [0.29, 0.717) is 0 Å². The molecule has 0 saturated heterocycles. The van der Waals surface area contributed by atoms with Gasteiger partial charge in [-0.25, -0.2) is 0 Å². The highest BCUT2D eigenvalue weighted by Crippen LogP contribution is 2.23. The van der Waals surface area contributed by atoms with Crippen LogP contribution >= 0.6 is 0 Å². The summed E-state index contributed by atoms with van der Waals surface area (Å²) < 4.78 is 0. The van der Waals surface area contributed by atoms with Crippen molar-refractivity contribution in [3.05, 3.63) is 35.5 Å². The second kappa shape index (κ2) is 9.36. The Morgan fingerprint density at radius 2 is 1.86 bits per heavy atom. The molecule has 0 radical (unpaired) electrons. The van der Waals surface area contributed by atoms with E-state index < -0.39 is 0 Å². The number of rotatable bonds is 10. The molecule has 0 bridgehead atoms. The summed E-state index contributed by atoms with van der Waals surface area (Å²) in [5.74, 6) is 0. The average Bonchev–Trinajstić information content (AvgIpc) is 2.99. The highest BCUT2D eigenvalue weighted by atomic mass is 15.3. The van der Waals surface area contributed by atoms with Gasteiger partial charge in [-0.1, -0.05) is 62.1 Å². The summed E-state index contributed by atoms with van der Waals surface area (Å²) in [5.41, 5.74) is 4.52. The van der Waals surface area contributed by atoms with Crippen LogP contribution < -0.4 is 5.32 Å². The van der Waals surface area contributed by atoms with E-state index in [9.17, 15) is 0 Å². The fraction of sp³-hybridized carbons (Fsp3) is 0.556. The van der Waals surface area contributed by atoms with Gasteiger partial charge in [0.2, 0.25) is 0 Å². The Labute approximate surface area is 133 Å². The molecule has 0 aliphatic heterocycles. The predicted molar refractivity (Wildman–Crippen MR) is 91.9 cm³/mol. The van der Waals surface area contributed by atoms with Crippen LogP contribution in [0, 0.1) is 6.92 Å². The van der Waals surface area contributed by atoms with Crippen LogP contribution in [0.1, 0.15) is 50.3 Å². The zero-order valence-corrected chi connectivity index (χ0v) is 13.9. The Bertz CT molecular complexity index is 548. The van der Waals surface area contributed by atoms with Gasteiger partial charge in [-0.2, -0.15) is 0 Å². The van der Waals surface area contributed by atoms with Crippen molar-refractivity contribution < 1.29 is 0 Å². The minimum atomic E-state index is 0.936. The van der Waals surface area contributed by atoms with Crippen LogP contribution in [0.3, 0.4) is 0 Å². The first-order valence-corrected chi connectivity index (χ1v) is 8.49. The highest BCUT2D eigenvalue weighted by molar-refractivity contribution is 5.65. The molecule has 0 fully saturated rings. The van der Waals surface area contributed by atoms with Crippen LogP contribution in [-0.4, -0.2) is 28.5 Å². The third-order valence-electron chi connectivity index (χ3n) is 4.03. The van der Waals surface area contributed by atoms with Crippen molar-refractivity contribution in [1.82, 2.24) is 20.7 Å². The van der Waals surface area contributed by atoms with Crippen molar-refractivity contribution in [1.29, 1.82) is 0 Å². The molecule has 0 unspecified atom stereocenters. The van der Waals surface area contributed by atoms with Crippen LogP contribution in [-0.2, 0) is 6.42 Å². The number of aryl methyl sites for hydroxylation is 1. The minimum Gasteiger partial charge on any atom is -0.316 e. The van der Waals surface area contributed by atoms with Gasteiger partial charge in [0.25, 0.3) is 0 Å². The maximum absolute atomic E-state index is 4.26.